The molecule has 192 valence electrons. The predicted molar refractivity (Wildman–Crippen MR) is 137 cm³/mol. The van der Waals surface area contributed by atoms with Crippen molar-refractivity contribution in [3.63, 3.8) is 0 Å². The van der Waals surface area contributed by atoms with Crippen LogP contribution in [0.1, 0.15) is 63.0 Å². The van der Waals surface area contributed by atoms with E-state index in [1.54, 1.807) is 39.9 Å². The van der Waals surface area contributed by atoms with Crippen LogP contribution in [0.15, 0.2) is 30.5 Å². The summed E-state index contributed by atoms with van der Waals surface area (Å²) in [6.45, 7) is 12.5. The second-order valence-electron chi connectivity index (χ2n) is 10.4. The average molecular weight is 486 g/mol. The molecule has 1 aliphatic rings. The molecule has 8 heteroatoms. The van der Waals surface area contributed by atoms with Crippen molar-refractivity contribution in [1.82, 2.24) is 19.6 Å². The maximum atomic E-state index is 14.4. The Bertz CT molecular complexity index is 1000. The van der Waals surface area contributed by atoms with E-state index in [1.165, 1.54) is 12.1 Å². The molecule has 0 saturated carbocycles. The fraction of sp³-hybridized carbons (Fsp3) is 0.593. The van der Waals surface area contributed by atoms with Gasteiger partial charge in [0.15, 0.2) is 0 Å². The molecule has 0 spiro atoms. The highest BCUT2D eigenvalue weighted by Crippen LogP contribution is 2.27. The summed E-state index contributed by atoms with van der Waals surface area (Å²) in [4.78, 5) is 32.8. The number of aryl methyl sites for hydroxylation is 1. The first kappa shape index (κ1) is 26.9. The molecule has 0 N–H and O–H groups in total. The van der Waals surface area contributed by atoms with E-state index in [4.69, 9.17) is 0 Å². The summed E-state index contributed by atoms with van der Waals surface area (Å²) in [5.74, 6) is 0.256. The molecule has 0 unspecified atom stereocenters. The van der Waals surface area contributed by atoms with E-state index < -0.39 is 0 Å². The fourth-order valence-electron chi connectivity index (χ4n) is 4.74. The lowest BCUT2D eigenvalue weighted by atomic mass is 10.1. The van der Waals surface area contributed by atoms with Crippen molar-refractivity contribution < 1.29 is 14.0 Å². The van der Waals surface area contributed by atoms with Gasteiger partial charge in [-0.3, -0.25) is 14.3 Å². The van der Waals surface area contributed by atoms with Crippen LogP contribution < -0.4 is 4.90 Å². The highest BCUT2D eigenvalue weighted by molar-refractivity contribution is 5.95. The number of hydrogen-bond acceptors (Lipinski definition) is 4. The highest BCUT2D eigenvalue weighted by atomic mass is 19.1. The predicted octanol–water partition coefficient (Wildman–Crippen LogP) is 4.33. The lowest BCUT2D eigenvalue weighted by molar-refractivity contribution is -0.119. The van der Waals surface area contributed by atoms with Crippen LogP contribution in [-0.4, -0.2) is 64.1 Å². The zero-order chi connectivity index (χ0) is 25.5. The quantitative estimate of drug-likeness (QED) is 0.632. The normalized spacial score (nSPS) is 16.2. The van der Waals surface area contributed by atoms with E-state index in [0.29, 0.717) is 42.4 Å². The maximum absolute atomic E-state index is 14.4. The van der Waals surface area contributed by atoms with Crippen LogP contribution >= 0.6 is 0 Å². The minimum absolute atomic E-state index is 0.0323. The van der Waals surface area contributed by atoms with Gasteiger partial charge in [-0.25, -0.2) is 4.39 Å². The van der Waals surface area contributed by atoms with Crippen molar-refractivity contribution >= 4 is 17.5 Å². The summed E-state index contributed by atoms with van der Waals surface area (Å²) in [7, 11) is 1.74. The molecule has 0 saturated heterocycles. The van der Waals surface area contributed by atoms with Crippen molar-refractivity contribution in [3.8, 4) is 0 Å². The van der Waals surface area contributed by atoms with Gasteiger partial charge in [0.2, 0.25) is 5.91 Å². The number of aromatic nitrogens is 2. The van der Waals surface area contributed by atoms with E-state index in [0.717, 1.165) is 32.5 Å². The van der Waals surface area contributed by atoms with Gasteiger partial charge in [-0.15, -0.1) is 0 Å². The van der Waals surface area contributed by atoms with Gasteiger partial charge in [-0.2, -0.15) is 5.10 Å². The molecule has 7 nitrogen and oxygen atoms in total. The number of carbonyl (C=O) groups excluding carboxylic acids is 2. The Labute approximate surface area is 208 Å². The van der Waals surface area contributed by atoms with Crippen LogP contribution in [0.2, 0.25) is 0 Å². The van der Waals surface area contributed by atoms with E-state index in [-0.39, 0.29) is 30.1 Å². The summed E-state index contributed by atoms with van der Waals surface area (Å²) in [6.07, 6.45) is 3.68. The molecule has 0 radical (unpaired) electrons. The van der Waals surface area contributed by atoms with Crippen molar-refractivity contribution in [1.29, 1.82) is 0 Å². The van der Waals surface area contributed by atoms with Gasteiger partial charge in [0.25, 0.3) is 5.91 Å². The third-order valence-electron chi connectivity index (χ3n) is 6.29. The SMILES string of the molecule is CC(C)CC(=O)N1CCCN(CC(C)C)CCCN(C(=O)c2ccnn2C)Cc2cc(F)ccc21. The number of halogens is 1. The molecule has 35 heavy (non-hydrogen) atoms. The van der Waals surface area contributed by atoms with Crippen molar-refractivity contribution in [2.75, 3.05) is 37.6 Å². The second kappa shape index (κ2) is 12.3. The molecule has 0 atom stereocenters. The van der Waals surface area contributed by atoms with Crippen LogP contribution in [-0.2, 0) is 18.4 Å². The van der Waals surface area contributed by atoms with E-state index in [1.807, 2.05) is 13.8 Å². The Kier molecular flexibility index (Phi) is 9.43. The molecule has 0 fully saturated rings. The van der Waals surface area contributed by atoms with Gasteiger partial charge >= 0.3 is 0 Å². The second-order valence-corrected chi connectivity index (χ2v) is 10.4. The van der Waals surface area contributed by atoms with Gasteiger partial charge in [0.05, 0.1) is 0 Å². The van der Waals surface area contributed by atoms with Gasteiger partial charge in [-0.05, 0) is 67.6 Å². The largest absolute Gasteiger partial charge is 0.333 e. The molecule has 1 aliphatic heterocycles. The first-order valence-corrected chi connectivity index (χ1v) is 12.7. The average Bonchev–Trinajstić information content (AvgIpc) is 3.20. The highest BCUT2D eigenvalue weighted by Gasteiger charge is 2.25. The molecule has 0 bridgehead atoms. The van der Waals surface area contributed by atoms with Crippen LogP contribution in [0.25, 0.3) is 0 Å². The zero-order valence-electron chi connectivity index (χ0n) is 21.8. The number of carbonyl (C=O) groups is 2. The van der Waals surface area contributed by atoms with Crippen LogP contribution in [0.3, 0.4) is 0 Å². The van der Waals surface area contributed by atoms with E-state index >= 15 is 0 Å². The molecule has 3 rings (SSSR count). The lowest BCUT2D eigenvalue weighted by Gasteiger charge is -2.32. The Balaban J connectivity index is 2.00. The molecule has 2 heterocycles. The minimum atomic E-state index is -0.372. The Hall–Kier alpha value is -2.74. The van der Waals surface area contributed by atoms with Crippen LogP contribution in [0.5, 0.6) is 0 Å². The zero-order valence-corrected chi connectivity index (χ0v) is 21.8. The van der Waals surface area contributed by atoms with Gasteiger partial charge in [0, 0.05) is 51.5 Å². The number of fused-ring (bicyclic) bond motifs is 1. The van der Waals surface area contributed by atoms with Gasteiger partial charge in [-0.1, -0.05) is 27.7 Å². The molecule has 0 aliphatic carbocycles. The van der Waals surface area contributed by atoms with Gasteiger partial charge < -0.3 is 14.7 Å². The summed E-state index contributed by atoms with van der Waals surface area (Å²) < 4.78 is 16.0. The Morgan fingerprint density at radius 2 is 1.71 bits per heavy atom. The van der Waals surface area contributed by atoms with Crippen molar-refractivity contribution in [3.05, 3.63) is 47.5 Å². The van der Waals surface area contributed by atoms with Crippen LogP contribution in [0.4, 0.5) is 10.1 Å². The van der Waals surface area contributed by atoms with Gasteiger partial charge in [0.1, 0.15) is 11.5 Å². The van der Waals surface area contributed by atoms with E-state index in [2.05, 4.69) is 23.8 Å². The summed E-state index contributed by atoms with van der Waals surface area (Å²) in [5.41, 5.74) is 1.83. The third-order valence-corrected chi connectivity index (χ3v) is 6.29. The number of amides is 2. The summed E-state index contributed by atoms with van der Waals surface area (Å²) >= 11 is 0. The summed E-state index contributed by atoms with van der Waals surface area (Å²) in [6, 6.07) is 6.26. The topological polar surface area (TPSA) is 61.7 Å². The molecule has 2 amide bonds. The molecule has 1 aromatic carbocycles. The molecular formula is C27H40FN5O2. The number of rotatable bonds is 5. The minimum Gasteiger partial charge on any atom is -0.333 e. The standard InChI is InChI=1S/C27H40FN5O2/c1-20(2)16-26(34)33-15-7-13-31(18-21(3)4)12-6-14-32(27(35)25-10-11-29-30(25)5)19-22-17-23(28)8-9-24(22)33/h8-11,17,20-21H,6-7,12-16,18-19H2,1-5H3. The Morgan fingerprint density at radius 1 is 1.00 bits per heavy atom. The van der Waals surface area contributed by atoms with Crippen molar-refractivity contribution in [2.24, 2.45) is 18.9 Å². The number of hydrogen-bond donors (Lipinski definition) is 0. The Morgan fingerprint density at radius 3 is 2.34 bits per heavy atom. The number of benzene rings is 1. The third kappa shape index (κ3) is 7.37. The maximum Gasteiger partial charge on any atom is 0.272 e. The number of nitrogens with zero attached hydrogens (tertiary/aromatic N) is 5. The van der Waals surface area contributed by atoms with Crippen molar-refractivity contribution in [2.45, 2.75) is 53.5 Å². The van der Waals surface area contributed by atoms with Crippen LogP contribution in [0, 0.1) is 17.7 Å². The first-order valence-electron chi connectivity index (χ1n) is 12.7. The molecule has 2 aromatic rings. The molecule has 1 aromatic heterocycles. The fourth-order valence-corrected chi connectivity index (χ4v) is 4.74. The smallest absolute Gasteiger partial charge is 0.272 e. The van der Waals surface area contributed by atoms with E-state index in [9.17, 15) is 14.0 Å². The summed E-state index contributed by atoms with van der Waals surface area (Å²) in [5, 5.41) is 4.15. The first-order chi connectivity index (χ1) is 16.7. The lowest BCUT2D eigenvalue weighted by Crippen LogP contribution is -2.40. The monoisotopic (exact) mass is 485 g/mol. The number of anilines is 1. The molecular weight excluding hydrogens is 445 g/mol.